The Morgan fingerprint density at radius 2 is 1.39 bits per heavy atom. The van der Waals surface area contributed by atoms with Gasteiger partial charge in [0.1, 0.15) is 12.6 Å². The van der Waals surface area contributed by atoms with Crippen molar-refractivity contribution in [2.45, 2.75) is 58.0 Å². The molecule has 1 atom stereocenters. The van der Waals surface area contributed by atoms with E-state index < -0.39 is 28.5 Å². The summed E-state index contributed by atoms with van der Waals surface area (Å²) in [6, 6.07) is 22.3. The quantitative estimate of drug-likeness (QED) is 0.392. The summed E-state index contributed by atoms with van der Waals surface area (Å²) in [5.74, 6) is -0.740. The fraction of sp³-hybridized carbons (Fsp3) is 0.333. The summed E-state index contributed by atoms with van der Waals surface area (Å²) in [5.41, 5.74) is 3.18. The van der Waals surface area contributed by atoms with Gasteiger partial charge in [0.2, 0.25) is 11.8 Å². The van der Waals surface area contributed by atoms with Crippen LogP contribution >= 0.6 is 0 Å². The molecule has 0 unspecified atom stereocenters. The van der Waals surface area contributed by atoms with Crippen LogP contribution in [-0.4, -0.2) is 50.3 Å². The highest BCUT2D eigenvalue weighted by Crippen LogP contribution is 2.26. The number of sulfonamides is 1. The van der Waals surface area contributed by atoms with Gasteiger partial charge in [0.15, 0.2) is 0 Å². The number of rotatable bonds is 11. The lowest BCUT2D eigenvalue weighted by molar-refractivity contribution is -0.139. The predicted octanol–water partition coefficient (Wildman–Crippen LogP) is 4.48. The monoisotopic (exact) mass is 535 g/mol. The third-order valence-corrected chi connectivity index (χ3v) is 7.98. The van der Waals surface area contributed by atoms with Crippen LogP contribution in [0, 0.1) is 13.8 Å². The van der Waals surface area contributed by atoms with E-state index in [0.717, 1.165) is 21.0 Å². The second-order valence-electron chi connectivity index (χ2n) is 9.83. The van der Waals surface area contributed by atoms with E-state index in [1.54, 1.807) is 37.3 Å². The van der Waals surface area contributed by atoms with Gasteiger partial charge in [-0.2, -0.15) is 0 Å². The van der Waals surface area contributed by atoms with Gasteiger partial charge in [-0.3, -0.25) is 13.9 Å². The van der Waals surface area contributed by atoms with E-state index in [-0.39, 0.29) is 23.4 Å². The molecule has 0 saturated heterocycles. The smallest absolute Gasteiger partial charge is 0.264 e. The summed E-state index contributed by atoms with van der Waals surface area (Å²) < 4.78 is 28.8. The van der Waals surface area contributed by atoms with Crippen LogP contribution < -0.4 is 9.62 Å². The average molecular weight is 536 g/mol. The van der Waals surface area contributed by atoms with Gasteiger partial charge in [-0.15, -0.1) is 0 Å². The molecule has 3 rings (SSSR count). The highest BCUT2D eigenvalue weighted by molar-refractivity contribution is 7.92. The zero-order chi connectivity index (χ0) is 27.9. The molecular formula is C30H37N3O4S. The highest BCUT2D eigenvalue weighted by Gasteiger charge is 2.32. The lowest BCUT2D eigenvalue weighted by Crippen LogP contribution is -2.53. The Morgan fingerprint density at radius 1 is 0.842 bits per heavy atom. The van der Waals surface area contributed by atoms with Crippen molar-refractivity contribution in [3.63, 3.8) is 0 Å². The molecule has 0 radical (unpaired) electrons. The van der Waals surface area contributed by atoms with Crippen LogP contribution in [0.25, 0.3) is 0 Å². The molecule has 7 nitrogen and oxygen atoms in total. The van der Waals surface area contributed by atoms with Gasteiger partial charge in [-0.25, -0.2) is 8.42 Å². The van der Waals surface area contributed by atoms with E-state index in [9.17, 15) is 18.0 Å². The fourth-order valence-corrected chi connectivity index (χ4v) is 5.74. The summed E-state index contributed by atoms with van der Waals surface area (Å²) in [6.07, 6.45) is 0.529. The van der Waals surface area contributed by atoms with E-state index in [4.69, 9.17) is 0 Å². The summed E-state index contributed by atoms with van der Waals surface area (Å²) >= 11 is 0. The Hall–Kier alpha value is -3.65. The van der Waals surface area contributed by atoms with Crippen molar-refractivity contribution >= 4 is 27.5 Å². The largest absolute Gasteiger partial charge is 0.352 e. The highest BCUT2D eigenvalue weighted by atomic mass is 32.2. The third-order valence-electron chi connectivity index (χ3n) is 6.19. The first kappa shape index (κ1) is 28.9. The number of aryl methyl sites for hydroxylation is 2. The van der Waals surface area contributed by atoms with Crippen molar-refractivity contribution in [3.05, 3.63) is 95.6 Å². The molecule has 0 saturated carbocycles. The van der Waals surface area contributed by atoms with Crippen LogP contribution in [0.4, 0.5) is 5.69 Å². The Bertz CT molecular complexity index is 1320. The average Bonchev–Trinajstić information content (AvgIpc) is 2.87. The van der Waals surface area contributed by atoms with Gasteiger partial charge in [-0.05, 0) is 82.0 Å². The van der Waals surface area contributed by atoms with E-state index in [0.29, 0.717) is 12.1 Å². The topological polar surface area (TPSA) is 86.8 Å². The number of carbonyl (C=O) groups excluding carboxylic acids is 2. The minimum absolute atomic E-state index is 0.0911. The number of benzene rings is 3. The van der Waals surface area contributed by atoms with Crippen LogP contribution in [0.3, 0.4) is 0 Å². The second-order valence-corrected chi connectivity index (χ2v) is 11.7. The normalized spacial score (nSPS) is 12.2. The van der Waals surface area contributed by atoms with Crippen molar-refractivity contribution < 1.29 is 18.0 Å². The zero-order valence-corrected chi connectivity index (χ0v) is 23.5. The molecule has 3 aromatic carbocycles. The number of carbonyl (C=O) groups is 2. The summed E-state index contributed by atoms with van der Waals surface area (Å²) in [4.78, 5) is 28.4. The first-order chi connectivity index (χ1) is 18.0. The molecule has 0 aliphatic carbocycles. The first-order valence-electron chi connectivity index (χ1n) is 12.8. The molecule has 0 heterocycles. The van der Waals surface area contributed by atoms with Crippen molar-refractivity contribution in [1.82, 2.24) is 10.2 Å². The fourth-order valence-electron chi connectivity index (χ4n) is 4.32. The molecule has 8 heteroatoms. The van der Waals surface area contributed by atoms with E-state index in [1.165, 1.54) is 17.0 Å². The van der Waals surface area contributed by atoms with Crippen molar-refractivity contribution in [2.24, 2.45) is 0 Å². The van der Waals surface area contributed by atoms with Crippen molar-refractivity contribution in [1.29, 1.82) is 0 Å². The summed E-state index contributed by atoms with van der Waals surface area (Å²) in [6.45, 7) is 8.99. The molecule has 0 bridgehead atoms. The number of anilines is 1. The minimum atomic E-state index is -4.06. The number of amides is 2. The van der Waals surface area contributed by atoms with Crippen LogP contribution in [-0.2, 0) is 26.0 Å². The standard InChI is InChI=1S/C30H37N3O4S/c1-22(2)31-30(35)25(5)32(17-16-26-12-8-6-9-13-26)29(34)21-33(27-19-23(3)18-24(4)20-27)38(36,37)28-14-10-7-11-15-28/h6-15,18-20,22,25H,16-17,21H2,1-5H3,(H,31,35)/t25-/m1/s1. The molecule has 0 aliphatic heterocycles. The van der Waals surface area contributed by atoms with E-state index in [2.05, 4.69) is 5.32 Å². The van der Waals surface area contributed by atoms with Gasteiger partial charge in [-0.1, -0.05) is 54.6 Å². The van der Waals surface area contributed by atoms with Gasteiger partial charge in [0.25, 0.3) is 10.0 Å². The predicted molar refractivity (Wildman–Crippen MR) is 151 cm³/mol. The molecule has 2 amide bonds. The SMILES string of the molecule is Cc1cc(C)cc(N(CC(=O)N(CCc2ccccc2)[C@H](C)C(=O)NC(C)C)S(=O)(=O)c2ccccc2)c1. The molecule has 0 spiro atoms. The number of nitrogens with one attached hydrogen (secondary N) is 1. The lowest BCUT2D eigenvalue weighted by Gasteiger charge is -2.32. The molecule has 3 aromatic rings. The summed E-state index contributed by atoms with van der Waals surface area (Å²) in [5, 5.41) is 2.87. The maximum absolute atomic E-state index is 13.9. The molecule has 38 heavy (non-hydrogen) atoms. The molecule has 0 fully saturated rings. The number of nitrogens with zero attached hydrogens (tertiary/aromatic N) is 2. The molecule has 1 N–H and O–H groups in total. The maximum atomic E-state index is 13.9. The van der Waals surface area contributed by atoms with E-state index in [1.807, 2.05) is 64.1 Å². The van der Waals surface area contributed by atoms with Gasteiger partial charge in [0, 0.05) is 12.6 Å². The zero-order valence-electron chi connectivity index (χ0n) is 22.7. The second kappa shape index (κ2) is 12.7. The van der Waals surface area contributed by atoms with Crippen LogP contribution in [0.1, 0.15) is 37.5 Å². The first-order valence-corrected chi connectivity index (χ1v) is 14.2. The van der Waals surface area contributed by atoms with Gasteiger partial charge < -0.3 is 10.2 Å². The number of hydrogen-bond donors (Lipinski definition) is 1. The van der Waals surface area contributed by atoms with Crippen LogP contribution in [0.2, 0.25) is 0 Å². The molecule has 0 aromatic heterocycles. The number of hydrogen-bond acceptors (Lipinski definition) is 4. The van der Waals surface area contributed by atoms with Crippen molar-refractivity contribution in [3.8, 4) is 0 Å². The van der Waals surface area contributed by atoms with Crippen LogP contribution in [0.15, 0.2) is 83.8 Å². The van der Waals surface area contributed by atoms with E-state index >= 15 is 0 Å². The third kappa shape index (κ3) is 7.44. The Balaban J connectivity index is 2.00. The Kier molecular flexibility index (Phi) is 9.69. The lowest BCUT2D eigenvalue weighted by atomic mass is 10.1. The van der Waals surface area contributed by atoms with Crippen molar-refractivity contribution in [2.75, 3.05) is 17.4 Å². The van der Waals surface area contributed by atoms with Gasteiger partial charge in [0.05, 0.1) is 10.6 Å². The molecule has 202 valence electrons. The maximum Gasteiger partial charge on any atom is 0.264 e. The Morgan fingerprint density at radius 3 is 1.95 bits per heavy atom. The minimum Gasteiger partial charge on any atom is -0.352 e. The molecular weight excluding hydrogens is 498 g/mol. The Labute approximate surface area is 226 Å². The molecule has 0 aliphatic rings. The van der Waals surface area contributed by atoms with Gasteiger partial charge >= 0.3 is 0 Å². The van der Waals surface area contributed by atoms with Crippen LogP contribution in [0.5, 0.6) is 0 Å². The summed E-state index contributed by atoms with van der Waals surface area (Å²) in [7, 11) is -4.06.